The molecule has 0 heterocycles. The maximum Gasteiger partial charge on any atom is 0.333 e. The molecular weight excluding hydrogens is 176 g/mol. The Balaban J connectivity index is 1.90. The number of carbonyl (C=O) groups is 1. The average Bonchev–Trinajstić information content (AvgIpc) is 2.77. The number of allylic oxidation sites excluding steroid dienone is 1. The standard InChI is InChI=1S/C12H18O2/c1-3-8(2)12(13)14-11-7-9-4-5-10(11)6-9/h3,9-11H,4-7H2,1-2H3/b8-3+. The van der Waals surface area contributed by atoms with E-state index in [1.54, 1.807) is 0 Å². The number of hydrogen-bond donors (Lipinski definition) is 0. The largest absolute Gasteiger partial charge is 0.459 e. The second kappa shape index (κ2) is 3.76. The van der Waals surface area contributed by atoms with Crippen LogP contribution in [-0.2, 0) is 9.53 Å². The van der Waals surface area contributed by atoms with Crippen molar-refractivity contribution in [2.24, 2.45) is 11.8 Å². The minimum atomic E-state index is -0.120. The molecule has 0 aromatic rings. The van der Waals surface area contributed by atoms with E-state index in [2.05, 4.69) is 0 Å². The minimum Gasteiger partial charge on any atom is -0.459 e. The average molecular weight is 194 g/mol. The molecular formula is C12H18O2. The van der Waals surface area contributed by atoms with Gasteiger partial charge in [-0.25, -0.2) is 4.79 Å². The number of carbonyl (C=O) groups excluding carboxylic acids is 1. The zero-order chi connectivity index (χ0) is 10.1. The van der Waals surface area contributed by atoms with Gasteiger partial charge in [0.15, 0.2) is 0 Å². The molecule has 0 N–H and O–H groups in total. The summed E-state index contributed by atoms with van der Waals surface area (Å²) in [6.45, 7) is 3.69. The Morgan fingerprint density at radius 3 is 2.64 bits per heavy atom. The van der Waals surface area contributed by atoms with E-state index in [1.807, 2.05) is 19.9 Å². The van der Waals surface area contributed by atoms with Crippen molar-refractivity contribution in [3.63, 3.8) is 0 Å². The van der Waals surface area contributed by atoms with Crippen LogP contribution >= 0.6 is 0 Å². The summed E-state index contributed by atoms with van der Waals surface area (Å²) in [5.41, 5.74) is 0.729. The predicted molar refractivity (Wildman–Crippen MR) is 54.8 cm³/mol. The number of esters is 1. The fourth-order valence-electron chi connectivity index (χ4n) is 2.68. The summed E-state index contributed by atoms with van der Waals surface area (Å²) in [5, 5.41) is 0. The molecule has 2 rings (SSSR count). The van der Waals surface area contributed by atoms with Crippen LogP contribution in [0.3, 0.4) is 0 Å². The highest BCUT2D eigenvalue weighted by Crippen LogP contribution is 2.45. The highest BCUT2D eigenvalue weighted by Gasteiger charge is 2.41. The lowest BCUT2D eigenvalue weighted by molar-refractivity contribution is -0.146. The molecule has 2 nitrogen and oxygen atoms in total. The van der Waals surface area contributed by atoms with Gasteiger partial charge in [0.05, 0.1) is 0 Å². The van der Waals surface area contributed by atoms with Gasteiger partial charge in [0.2, 0.25) is 0 Å². The van der Waals surface area contributed by atoms with Crippen LogP contribution in [0.1, 0.15) is 39.5 Å². The van der Waals surface area contributed by atoms with E-state index < -0.39 is 0 Å². The van der Waals surface area contributed by atoms with E-state index in [0.717, 1.165) is 17.9 Å². The van der Waals surface area contributed by atoms with Crippen molar-refractivity contribution < 1.29 is 9.53 Å². The van der Waals surface area contributed by atoms with Gasteiger partial charge in [-0.15, -0.1) is 0 Å². The van der Waals surface area contributed by atoms with Crippen molar-refractivity contribution in [3.8, 4) is 0 Å². The molecule has 0 radical (unpaired) electrons. The third-order valence-electron chi connectivity index (χ3n) is 3.69. The lowest BCUT2D eigenvalue weighted by Gasteiger charge is -2.21. The van der Waals surface area contributed by atoms with Crippen molar-refractivity contribution in [2.45, 2.75) is 45.6 Å². The molecule has 2 fully saturated rings. The molecule has 0 saturated heterocycles. The van der Waals surface area contributed by atoms with E-state index in [1.165, 1.54) is 19.3 Å². The van der Waals surface area contributed by atoms with Crippen molar-refractivity contribution in [1.29, 1.82) is 0 Å². The van der Waals surface area contributed by atoms with Gasteiger partial charge in [0, 0.05) is 5.57 Å². The summed E-state index contributed by atoms with van der Waals surface area (Å²) in [5.74, 6) is 1.38. The summed E-state index contributed by atoms with van der Waals surface area (Å²) >= 11 is 0. The zero-order valence-electron chi connectivity index (χ0n) is 8.95. The SMILES string of the molecule is C/C=C(\C)C(=O)OC1CC2CCC1C2. The minimum absolute atomic E-state index is 0.120. The van der Waals surface area contributed by atoms with Crippen LogP contribution < -0.4 is 0 Å². The second-order valence-corrected chi connectivity index (χ2v) is 4.59. The van der Waals surface area contributed by atoms with Crippen LogP contribution in [0.2, 0.25) is 0 Å². The normalized spacial score (nSPS) is 36.1. The molecule has 14 heavy (non-hydrogen) atoms. The Labute approximate surface area is 85.3 Å². The molecule has 2 bridgehead atoms. The van der Waals surface area contributed by atoms with Gasteiger partial charge >= 0.3 is 5.97 Å². The Kier molecular flexibility index (Phi) is 2.62. The molecule has 78 valence electrons. The summed E-state index contributed by atoms with van der Waals surface area (Å²) in [6.07, 6.45) is 7.03. The van der Waals surface area contributed by atoms with E-state index >= 15 is 0 Å². The molecule has 2 saturated carbocycles. The van der Waals surface area contributed by atoms with Crippen molar-refractivity contribution in [1.82, 2.24) is 0 Å². The van der Waals surface area contributed by atoms with Crippen molar-refractivity contribution >= 4 is 5.97 Å². The lowest BCUT2D eigenvalue weighted by atomic mass is 9.98. The lowest BCUT2D eigenvalue weighted by Crippen LogP contribution is -2.24. The highest BCUT2D eigenvalue weighted by molar-refractivity contribution is 5.87. The fourth-order valence-corrected chi connectivity index (χ4v) is 2.68. The Morgan fingerprint density at radius 1 is 1.36 bits per heavy atom. The summed E-state index contributed by atoms with van der Waals surface area (Å²) in [6, 6.07) is 0. The maximum atomic E-state index is 11.5. The molecule has 0 aromatic carbocycles. The van der Waals surface area contributed by atoms with Gasteiger partial charge in [0.25, 0.3) is 0 Å². The number of rotatable bonds is 2. The topological polar surface area (TPSA) is 26.3 Å². The van der Waals surface area contributed by atoms with Crippen LogP contribution in [0.25, 0.3) is 0 Å². The molecule has 0 spiro atoms. The molecule has 2 aliphatic carbocycles. The first-order chi connectivity index (χ1) is 6.70. The van der Waals surface area contributed by atoms with Crippen molar-refractivity contribution in [3.05, 3.63) is 11.6 Å². The molecule has 0 aliphatic heterocycles. The van der Waals surface area contributed by atoms with Gasteiger partial charge in [-0.05, 0) is 51.4 Å². The third kappa shape index (κ3) is 1.70. The molecule has 3 atom stereocenters. The smallest absolute Gasteiger partial charge is 0.333 e. The molecule has 2 heteroatoms. The van der Waals surface area contributed by atoms with Crippen LogP contribution in [0.15, 0.2) is 11.6 Å². The van der Waals surface area contributed by atoms with Gasteiger partial charge in [-0.2, -0.15) is 0 Å². The number of fused-ring (bicyclic) bond motifs is 2. The number of hydrogen-bond acceptors (Lipinski definition) is 2. The van der Waals surface area contributed by atoms with Crippen LogP contribution in [0.4, 0.5) is 0 Å². The van der Waals surface area contributed by atoms with E-state index in [0.29, 0.717) is 5.92 Å². The van der Waals surface area contributed by atoms with E-state index in [4.69, 9.17) is 4.74 Å². The van der Waals surface area contributed by atoms with Crippen LogP contribution in [-0.4, -0.2) is 12.1 Å². The van der Waals surface area contributed by atoms with E-state index in [9.17, 15) is 4.79 Å². The Bertz CT molecular complexity index is 267. The second-order valence-electron chi connectivity index (χ2n) is 4.59. The third-order valence-corrected chi connectivity index (χ3v) is 3.69. The summed E-state index contributed by atoms with van der Waals surface area (Å²) in [7, 11) is 0. The Hall–Kier alpha value is -0.790. The molecule has 3 unspecified atom stereocenters. The molecule has 2 aliphatic rings. The summed E-state index contributed by atoms with van der Waals surface area (Å²) < 4.78 is 5.49. The first-order valence-corrected chi connectivity index (χ1v) is 5.54. The van der Waals surface area contributed by atoms with Gasteiger partial charge in [-0.1, -0.05) is 6.08 Å². The van der Waals surface area contributed by atoms with Crippen LogP contribution in [0.5, 0.6) is 0 Å². The predicted octanol–water partition coefficient (Wildman–Crippen LogP) is 2.68. The van der Waals surface area contributed by atoms with Crippen LogP contribution in [0, 0.1) is 11.8 Å². The Morgan fingerprint density at radius 2 is 2.14 bits per heavy atom. The van der Waals surface area contributed by atoms with Gasteiger partial charge in [-0.3, -0.25) is 0 Å². The van der Waals surface area contributed by atoms with Gasteiger partial charge in [0.1, 0.15) is 6.10 Å². The fraction of sp³-hybridized carbons (Fsp3) is 0.750. The van der Waals surface area contributed by atoms with Gasteiger partial charge < -0.3 is 4.74 Å². The first-order valence-electron chi connectivity index (χ1n) is 5.54. The quantitative estimate of drug-likeness (QED) is 0.499. The number of ether oxygens (including phenoxy) is 1. The maximum absolute atomic E-state index is 11.5. The van der Waals surface area contributed by atoms with Crippen molar-refractivity contribution in [2.75, 3.05) is 0 Å². The van der Waals surface area contributed by atoms with E-state index in [-0.39, 0.29) is 12.1 Å². The first kappa shape index (κ1) is 9.75. The highest BCUT2D eigenvalue weighted by atomic mass is 16.5. The zero-order valence-corrected chi connectivity index (χ0v) is 8.95. The molecule has 0 aromatic heterocycles. The monoisotopic (exact) mass is 194 g/mol. The molecule has 0 amide bonds. The summed E-state index contributed by atoms with van der Waals surface area (Å²) in [4.78, 5) is 11.5.